The van der Waals surface area contributed by atoms with Gasteiger partial charge in [-0.2, -0.15) is 0 Å². The van der Waals surface area contributed by atoms with Crippen LogP contribution < -0.4 is 0 Å². The van der Waals surface area contributed by atoms with Gasteiger partial charge < -0.3 is 0 Å². The van der Waals surface area contributed by atoms with Crippen LogP contribution in [0.5, 0.6) is 0 Å². The van der Waals surface area contributed by atoms with E-state index in [2.05, 4.69) is 6.92 Å². The Morgan fingerprint density at radius 1 is 0.556 bits per heavy atom. The molecular formula is C24H45NO2. The molecule has 1 heterocycles. The Morgan fingerprint density at radius 3 is 1.26 bits per heavy atom. The fourth-order valence-electron chi connectivity index (χ4n) is 4.03. The molecule has 0 aromatic rings. The van der Waals surface area contributed by atoms with E-state index in [1.165, 1.54) is 94.8 Å². The molecule has 0 radical (unpaired) electrons. The Balaban J connectivity index is 1.81. The van der Waals surface area contributed by atoms with Crippen LogP contribution in [0.3, 0.4) is 0 Å². The summed E-state index contributed by atoms with van der Waals surface area (Å²) in [6, 6.07) is 0. The molecule has 2 amide bonds. The van der Waals surface area contributed by atoms with Crippen LogP contribution in [-0.2, 0) is 9.59 Å². The van der Waals surface area contributed by atoms with Gasteiger partial charge in [0.25, 0.3) is 0 Å². The second-order valence-corrected chi connectivity index (χ2v) is 8.45. The highest BCUT2D eigenvalue weighted by Crippen LogP contribution is 2.16. The summed E-state index contributed by atoms with van der Waals surface area (Å²) in [5.41, 5.74) is 0. The van der Waals surface area contributed by atoms with Crippen molar-refractivity contribution in [3.8, 4) is 0 Å². The molecule has 0 aliphatic carbocycles. The van der Waals surface area contributed by atoms with Crippen molar-refractivity contribution >= 4 is 11.8 Å². The number of hydrogen-bond acceptors (Lipinski definition) is 2. The lowest BCUT2D eigenvalue weighted by atomic mass is 10.0. The predicted octanol–water partition coefficient (Wildman–Crippen LogP) is 7.18. The van der Waals surface area contributed by atoms with Crippen LogP contribution in [0.15, 0.2) is 0 Å². The van der Waals surface area contributed by atoms with Gasteiger partial charge in [-0.25, -0.2) is 0 Å². The first-order valence-electron chi connectivity index (χ1n) is 12.1. The molecule has 158 valence electrons. The first kappa shape index (κ1) is 24.2. The summed E-state index contributed by atoms with van der Waals surface area (Å²) in [5, 5.41) is 0. The topological polar surface area (TPSA) is 37.4 Å². The van der Waals surface area contributed by atoms with Gasteiger partial charge in [0.2, 0.25) is 11.8 Å². The van der Waals surface area contributed by atoms with E-state index >= 15 is 0 Å². The number of rotatable bonds is 17. The van der Waals surface area contributed by atoms with Crippen molar-refractivity contribution in [2.45, 2.75) is 135 Å². The van der Waals surface area contributed by atoms with Gasteiger partial charge in [-0.05, 0) is 19.3 Å². The summed E-state index contributed by atoms with van der Waals surface area (Å²) in [4.78, 5) is 25.4. The number of hydrogen-bond donors (Lipinski definition) is 0. The van der Waals surface area contributed by atoms with Gasteiger partial charge in [-0.1, -0.05) is 103 Å². The second kappa shape index (κ2) is 17.3. The second-order valence-electron chi connectivity index (χ2n) is 8.45. The lowest BCUT2D eigenvalue weighted by molar-refractivity contribution is -0.143. The SMILES string of the molecule is CCCCCCCCCCCCCCCCCCN1C(=O)CCCCC1=O. The van der Waals surface area contributed by atoms with E-state index in [0.29, 0.717) is 19.4 Å². The van der Waals surface area contributed by atoms with Gasteiger partial charge in [0, 0.05) is 19.4 Å². The van der Waals surface area contributed by atoms with E-state index in [4.69, 9.17) is 0 Å². The molecule has 0 saturated carbocycles. The molecule has 27 heavy (non-hydrogen) atoms. The molecular weight excluding hydrogens is 334 g/mol. The average Bonchev–Trinajstić information content (AvgIpc) is 2.82. The van der Waals surface area contributed by atoms with Crippen LogP contribution in [0.1, 0.15) is 135 Å². The Labute approximate surface area is 168 Å². The van der Waals surface area contributed by atoms with E-state index in [1.807, 2.05) is 0 Å². The zero-order chi connectivity index (χ0) is 19.6. The number of carbonyl (C=O) groups is 2. The number of likely N-dealkylation sites (tertiary alicyclic amines) is 1. The normalized spacial score (nSPS) is 15.4. The molecule has 1 aliphatic rings. The van der Waals surface area contributed by atoms with Crippen LogP contribution in [0.2, 0.25) is 0 Å². The highest BCUT2D eigenvalue weighted by molar-refractivity contribution is 5.95. The van der Waals surface area contributed by atoms with Gasteiger partial charge >= 0.3 is 0 Å². The van der Waals surface area contributed by atoms with Crippen molar-refractivity contribution in [3.05, 3.63) is 0 Å². The predicted molar refractivity (Wildman–Crippen MR) is 115 cm³/mol. The number of carbonyl (C=O) groups excluding carboxylic acids is 2. The van der Waals surface area contributed by atoms with Crippen LogP contribution >= 0.6 is 0 Å². The van der Waals surface area contributed by atoms with Crippen LogP contribution in [0.4, 0.5) is 0 Å². The van der Waals surface area contributed by atoms with Crippen molar-refractivity contribution in [2.24, 2.45) is 0 Å². The average molecular weight is 380 g/mol. The van der Waals surface area contributed by atoms with E-state index in [1.54, 1.807) is 0 Å². The van der Waals surface area contributed by atoms with Crippen molar-refractivity contribution in [2.75, 3.05) is 6.54 Å². The molecule has 0 N–H and O–H groups in total. The van der Waals surface area contributed by atoms with Crippen molar-refractivity contribution in [1.82, 2.24) is 4.90 Å². The monoisotopic (exact) mass is 379 g/mol. The Hall–Kier alpha value is -0.860. The first-order chi connectivity index (χ1) is 13.3. The van der Waals surface area contributed by atoms with Crippen molar-refractivity contribution in [3.63, 3.8) is 0 Å². The number of unbranched alkanes of at least 4 members (excludes halogenated alkanes) is 15. The van der Waals surface area contributed by atoms with E-state index in [-0.39, 0.29) is 11.8 Å². The van der Waals surface area contributed by atoms with Gasteiger partial charge in [0.05, 0.1) is 0 Å². The molecule has 0 aromatic heterocycles. The smallest absolute Gasteiger partial charge is 0.229 e. The zero-order valence-electron chi connectivity index (χ0n) is 18.1. The summed E-state index contributed by atoms with van der Waals surface area (Å²) in [5.74, 6) is 0.108. The van der Waals surface area contributed by atoms with Crippen molar-refractivity contribution in [1.29, 1.82) is 0 Å². The number of amides is 2. The maximum Gasteiger partial charge on any atom is 0.229 e. The Bertz CT molecular complexity index is 363. The quantitative estimate of drug-likeness (QED) is 0.198. The zero-order valence-corrected chi connectivity index (χ0v) is 18.1. The summed E-state index contributed by atoms with van der Waals surface area (Å²) >= 11 is 0. The summed E-state index contributed by atoms with van der Waals surface area (Å²) in [6.45, 7) is 2.93. The van der Waals surface area contributed by atoms with E-state index in [9.17, 15) is 9.59 Å². The molecule has 3 nitrogen and oxygen atoms in total. The van der Waals surface area contributed by atoms with Crippen LogP contribution in [-0.4, -0.2) is 23.3 Å². The highest BCUT2D eigenvalue weighted by atomic mass is 16.2. The van der Waals surface area contributed by atoms with Crippen LogP contribution in [0.25, 0.3) is 0 Å². The number of nitrogens with zero attached hydrogens (tertiary/aromatic N) is 1. The fourth-order valence-corrected chi connectivity index (χ4v) is 4.03. The largest absolute Gasteiger partial charge is 0.283 e. The fraction of sp³-hybridized carbons (Fsp3) is 0.917. The Kier molecular flexibility index (Phi) is 15.4. The standard InChI is InChI=1S/C24H45NO2/c1-2-3-4-5-6-7-8-9-10-11-12-13-14-15-16-19-22-25-23(26)20-17-18-21-24(25)27/h2-22H2,1H3. The molecule has 1 aliphatic heterocycles. The lowest BCUT2D eigenvalue weighted by Gasteiger charge is -2.18. The minimum absolute atomic E-state index is 0.0541. The molecule has 0 atom stereocenters. The van der Waals surface area contributed by atoms with Gasteiger partial charge in [0.1, 0.15) is 0 Å². The minimum atomic E-state index is 0.0541. The molecule has 0 spiro atoms. The summed E-state index contributed by atoms with van der Waals surface area (Å²) < 4.78 is 0. The first-order valence-corrected chi connectivity index (χ1v) is 12.1. The molecule has 0 bridgehead atoms. The lowest BCUT2D eigenvalue weighted by Crippen LogP contribution is -2.35. The molecule has 0 aromatic carbocycles. The molecule has 3 heteroatoms. The summed E-state index contributed by atoms with van der Waals surface area (Å²) in [7, 11) is 0. The molecule has 1 saturated heterocycles. The summed E-state index contributed by atoms with van der Waals surface area (Å²) in [6.07, 6.45) is 24.4. The van der Waals surface area contributed by atoms with Gasteiger partial charge in [-0.3, -0.25) is 14.5 Å². The minimum Gasteiger partial charge on any atom is -0.283 e. The molecule has 1 fully saturated rings. The third kappa shape index (κ3) is 13.0. The molecule has 1 rings (SSSR count). The van der Waals surface area contributed by atoms with E-state index < -0.39 is 0 Å². The van der Waals surface area contributed by atoms with E-state index in [0.717, 1.165) is 25.7 Å². The Morgan fingerprint density at radius 2 is 0.889 bits per heavy atom. The maximum absolute atomic E-state index is 11.9. The molecule has 0 unspecified atom stereocenters. The third-order valence-corrected chi connectivity index (χ3v) is 5.87. The number of imide groups is 1. The van der Waals surface area contributed by atoms with Gasteiger partial charge in [-0.15, -0.1) is 0 Å². The van der Waals surface area contributed by atoms with Crippen LogP contribution in [0, 0.1) is 0 Å². The highest BCUT2D eigenvalue weighted by Gasteiger charge is 2.22. The van der Waals surface area contributed by atoms with Gasteiger partial charge in [0.15, 0.2) is 0 Å². The third-order valence-electron chi connectivity index (χ3n) is 5.87. The van der Waals surface area contributed by atoms with Crippen molar-refractivity contribution < 1.29 is 9.59 Å². The maximum atomic E-state index is 11.9.